The number of hydrogen-bond donors (Lipinski definition) is 0. The smallest absolute Gasteiger partial charge is 0.153 e. The predicted octanol–water partition coefficient (Wildman–Crippen LogP) is 2.82. The fourth-order valence-corrected chi connectivity index (χ4v) is 2.22. The Morgan fingerprint density at radius 1 is 1.21 bits per heavy atom. The summed E-state index contributed by atoms with van der Waals surface area (Å²) in [6.07, 6.45) is 2.30. The van der Waals surface area contributed by atoms with Crippen LogP contribution in [0.25, 0.3) is 0 Å². The highest BCUT2D eigenvalue weighted by Crippen LogP contribution is 2.22. The molecule has 2 aromatic rings. The quantitative estimate of drug-likeness (QED) is 0.622. The third kappa shape index (κ3) is 3.59. The minimum absolute atomic E-state index is 0.399. The second-order valence-corrected chi connectivity index (χ2v) is 5.43. The summed E-state index contributed by atoms with van der Waals surface area (Å²) in [5, 5.41) is 0. The van der Waals surface area contributed by atoms with Crippen molar-refractivity contribution in [2.75, 3.05) is 6.26 Å². The van der Waals surface area contributed by atoms with E-state index >= 15 is 0 Å². The zero-order valence-electron chi connectivity index (χ0n) is 10.5. The topological polar surface area (TPSA) is 49.4 Å². The average Bonchev–Trinajstić information content (AvgIpc) is 2.45. The molecule has 0 heterocycles. The third-order valence-corrected chi connectivity index (χ3v) is 3.60. The maximum absolute atomic E-state index is 11.4. The lowest BCUT2D eigenvalue weighted by molar-refractivity contribution is 0.111. The SMILES string of the molecule is C[S+]([O-])c1ccc(OCc2ccccc2)c(C=O)c1. The zero-order valence-corrected chi connectivity index (χ0v) is 11.4. The number of hydrogen-bond acceptors (Lipinski definition) is 3. The molecule has 0 N–H and O–H groups in total. The maximum atomic E-state index is 11.4. The molecule has 0 aromatic heterocycles. The summed E-state index contributed by atoms with van der Waals surface area (Å²) in [5.41, 5.74) is 1.45. The molecule has 1 unspecified atom stereocenters. The van der Waals surface area contributed by atoms with Crippen LogP contribution in [0, 0.1) is 0 Å². The van der Waals surface area contributed by atoms with Gasteiger partial charge in [0.2, 0.25) is 0 Å². The van der Waals surface area contributed by atoms with Crippen LogP contribution in [0.15, 0.2) is 53.4 Å². The van der Waals surface area contributed by atoms with Gasteiger partial charge in [0, 0.05) is 6.07 Å². The van der Waals surface area contributed by atoms with Crippen molar-refractivity contribution < 1.29 is 14.1 Å². The van der Waals surface area contributed by atoms with E-state index in [0.29, 0.717) is 22.8 Å². The Kier molecular flexibility index (Phi) is 4.60. The first-order chi connectivity index (χ1) is 9.20. The number of benzene rings is 2. The van der Waals surface area contributed by atoms with Crippen molar-refractivity contribution in [1.29, 1.82) is 0 Å². The Balaban J connectivity index is 2.14. The molecule has 3 nitrogen and oxygen atoms in total. The highest BCUT2D eigenvalue weighted by Gasteiger charge is 2.10. The summed E-state index contributed by atoms with van der Waals surface area (Å²) >= 11 is -1.10. The predicted molar refractivity (Wildman–Crippen MR) is 74.9 cm³/mol. The van der Waals surface area contributed by atoms with Crippen LogP contribution >= 0.6 is 0 Å². The van der Waals surface area contributed by atoms with Crippen molar-refractivity contribution >= 4 is 17.5 Å². The summed E-state index contributed by atoms with van der Waals surface area (Å²) < 4.78 is 17.0. The van der Waals surface area contributed by atoms with E-state index in [9.17, 15) is 9.35 Å². The first-order valence-corrected chi connectivity index (χ1v) is 7.36. The van der Waals surface area contributed by atoms with E-state index in [0.717, 1.165) is 11.8 Å². The fourth-order valence-electron chi connectivity index (χ4n) is 1.66. The Bertz CT molecular complexity index is 553. The molecule has 0 bridgehead atoms. The second kappa shape index (κ2) is 6.41. The molecule has 0 fully saturated rings. The molecule has 0 radical (unpaired) electrons. The second-order valence-electron chi connectivity index (χ2n) is 4.05. The molecule has 1 atom stereocenters. The van der Waals surface area contributed by atoms with Gasteiger partial charge in [-0.15, -0.1) is 0 Å². The summed E-state index contributed by atoms with van der Waals surface area (Å²) in [7, 11) is 0. The molecule has 0 saturated carbocycles. The summed E-state index contributed by atoms with van der Waals surface area (Å²) in [5.74, 6) is 0.507. The number of carbonyl (C=O) groups is 1. The fraction of sp³-hybridized carbons (Fsp3) is 0.133. The van der Waals surface area contributed by atoms with E-state index in [1.165, 1.54) is 0 Å². The largest absolute Gasteiger partial charge is 0.612 e. The van der Waals surface area contributed by atoms with Crippen LogP contribution in [0.1, 0.15) is 15.9 Å². The van der Waals surface area contributed by atoms with Gasteiger partial charge in [-0.1, -0.05) is 30.3 Å². The Hall–Kier alpha value is -1.78. The van der Waals surface area contributed by atoms with E-state index in [4.69, 9.17) is 4.74 Å². The van der Waals surface area contributed by atoms with Gasteiger partial charge in [-0.25, -0.2) is 0 Å². The van der Waals surface area contributed by atoms with Gasteiger partial charge < -0.3 is 9.29 Å². The standard InChI is InChI=1S/C15H14O3S/c1-19(17)14-7-8-15(13(9-14)10-16)18-11-12-5-3-2-4-6-12/h2-10H,11H2,1H3. The highest BCUT2D eigenvalue weighted by molar-refractivity contribution is 7.90. The van der Waals surface area contributed by atoms with Crippen molar-refractivity contribution in [3.05, 3.63) is 59.7 Å². The van der Waals surface area contributed by atoms with Crippen LogP contribution in [0.2, 0.25) is 0 Å². The molecule has 19 heavy (non-hydrogen) atoms. The van der Waals surface area contributed by atoms with Crippen LogP contribution in [0.3, 0.4) is 0 Å². The van der Waals surface area contributed by atoms with Crippen molar-refractivity contribution in [1.82, 2.24) is 0 Å². The number of ether oxygens (including phenoxy) is 1. The molecule has 0 spiro atoms. The normalized spacial score (nSPS) is 11.9. The lowest BCUT2D eigenvalue weighted by Gasteiger charge is -2.10. The summed E-state index contributed by atoms with van der Waals surface area (Å²) in [6, 6.07) is 14.7. The van der Waals surface area contributed by atoms with Gasteiger partial charge in [-0.3, -0.25) is 4.79 Å². The van der Waals surface area contributed by atoms with Gasteiger partial charge in [0.25, 0.3) is 0 Å². The van der Waals surface area contributed by atoms with E-state index in [1.807, 2.05) is 30.3 Å². The van der Waals surface area contributed by atoms with Crippen molar-refractivity contribution in [2.24, 2.45) is 0 Å². The lowest BCUT2D eigenvalue weighted by atomic mass is 10.2. The van der Waals surface area contributed by atoms with Gasteiger partial charge in [0.15, 0.2) is 11.2 Å². The molecule has 0 saturated heterocycles. The minimum Gasteiger partial charge on any atom is -0.612 e. The van der Waals surface area contributed by atoms with Gasteiger partial charge in [0.1, 0.15) is 18.6 Å². The number of aldehydes is 1. The first-order valence-electron chi connectivity index (χ1n) is 5.80. The average molecular weight is 274 g/mol. The number of rotatable bonds is 5. The van der Waals surface area contributed by atoms with E-state index in [-0.39, 0.29) is 0 Å². The van der Waals surface area contributed by atoms with Crippen LogP contribution < -0.4 is 4.74 Å². The maximum Gasteiger partial charge on any atom is 0.153 e. The Labute approximate surface area is 115 Å². The summed E-state index contributed by atoms with van der Waals surface area (Å²) in [4.78, 5) is 11.7. The molecule has 0 aliphatic rings. The van der Waals surface area contributed by atoms with Crippen molar-refractivity contribution in [2.45, 2.75) is 11.5 Å². The molecule has 0 aliphatic carbocycles. The molecular weight excluding hydrogens is 260 g/mol. The van der Waals surface area contributed by atoms with Crippen molar-refractivity contribution in [3.63, 3.8) is 0 Å². The minimum atomic E-state index is -1.10. The monoisotopic (exact) mass is 274 g/mol. The van der Waals surface area contributed by atoms with Crippen molar-refractivity contribution in [3.8, 4) is 5.75 Å². The molecule has 2 aromatic carbocycles. The highest BCUT2D eigenvalue weighted by atomic mass is 32.2. The van der Waals surface area contributed by atoms with Crippen LogP contribution in [-0.2, 0) is 17.8 Å². The summed E-state index contributed by atoms with van der Waals surface area (Å²) in [6.45, 7) is 0.399. The molecule has 2 rings (SSSR count). The van der Waals surface area contributed by atoms with Gasteiger partial charge >= 0.3 is 0 Å². The molecule has 0 amide bonds. The molecule has 4 heteroatoms. The Morgan fingerprint density at radius 2 is 1.95 bits per heavy atom. The van der Waals surface area contributed by atoms with Gasteiger partial charge in [-0.05, 0) is 28.9 Å². The van der Waals surface area contributed by atoms with E-state index in [2.05, 4.69) is 0 Å². The van der Waals surface area contributed by atoms with Gasteiger partial charge in [0.05, 0.1) is 5.56 Å². The van der Waals surface area contributed by atoms with Crippen LogP contribution in [0.5, 0.6) is 5.75 Å². The van der Waals surface area contributed by atoms with E-state index in [1.54, 1.807) is 24.5 Å². The first kappa shape index (κ1) is 13.6. The third-order valence-electron chi connectivity index (χ3n) is 2.68. The van der Waals surface area contributed by atoms with Gasteiger partial charge in [-0.2, -0.15) is 0 Å². The lowest BCUT2D eigenvalue weighted by Crippen LogP contribution is -2.02. The molecule has 98 valence electrons. The molecular formula is C15H14O3S. The number of carbonyl (C=O) groups excluding carboxylic acids is 1. The van der Waals surface area contributed by atoms with E-state index < -0.39 is 11.2 Å². The Morgan fingerprint density at radius 3 is 2.58 bits per heavy atom. The van der Waals surface area contributed by atoms with Crippen LogP contribution in [0.4, 0.5) is 0 Å². The van der Waals surface area contributed by atoms with Crippen LogP contribution in [-0.4, -0.2) is 17.1 Å². The zero-order chi connectivity index (χ0) is 13.7. The molecule has 0 aliphatic heterocycles.